The first kappa shape index (κ1) is 15.8. The van der Waals surface area contributed by atoms with E-state index < -0.39 is 38.8 Å². The van der Waals surface area contributed by atoms with E-state index in [0.717, 1.165) is 5.56 Å². The Hall–Kier alpha value is -1.92. The maximum Gasteiger partial charge on any atom is 0.121 e. The van der Waals surface area contributed by atoms with Crippen LogP contribution in [0.3, 0.4) is 0 Å². The van der Waals surface area contributed by atoms with Crippen LogP contribution < -0.4 is 5.32 Å². The monoisotopic (exact) mass is 422 g/mol. The zero-order chi connectivity index (χ0) is 27.7. The van der Waals surface area contributed by atoms with E-state index in [1.807, 2.05) is 30.3 Å². The summed E-state index contributed by atoms with van der Waals surface area (Å²) in [5, 5.41) is 31.9. The van der Waals surface area contributed by atoms with Crippen LogP contribution in [0.25, 0.3) is 0 Å². The molecule has 0 saturated heterocycles. The second-order valence-corrected chi connectivity index (χ2v) is 6.92. The molecule has 5 heteroatoms. The minimum absolute atomic E-state index is 0.0272. The van der Waals surface area contributed by atoms with Gasteiger partial charge in [-0.05, 0) is 61.9 Å². The van der Waals surface area contributed by atoms with Gasteiger partial charge >= 0.3 is 0 Å². The van der Waals surface area contributed by atoms with Crippen molar-refractivity contribution in [2.45, 2.75) is 57.6 Å². The second kappa shape index (κ2) is 15.0. The van der Waals surface area contributed by atoms with Crippen LogP contribution in [0, 0.1) is 0 Å². The number of aryl methyl sites for hydroxylation is 1. The number of hydrogen-bond donors (Lipinski definition) is 4. The van der Waals surface area contributed by atoms with Gasteiger partial charge in [-0.25, -0.2) is 0 Å². The van der Waals surface area contributed by atoms with Crippen LogP contribution in [0.5, 0.6) is 5.75 Å². The van der Waals surface area contributed by atoms with Crippen molar-refractivity contribution in [3.8, 4) is 5.75 Å². The third-order valence-corrected chi connectivity index (χ3v) is 4.53. The Bertz CT molecular complexity index is 975. The molecule has 2 aromatic rings. The highest BCUT2D eigenvalue weighted by molar-refractivity contribution is 5.36. The molecule has 2 rings (SSSR count). The lowest BCUT2D eigenvalue weighted by atomic mass is 10.1. The molecule has 1 atom stereocenters. The van der Waals surface area contributed by atoms with Crippen LogP contribution in [0.1, 0.15) is 70.9 Å². The molecule has 2 aromatic carbocycles. The zero-order valence-electron chi connectivity index (χ0n) is 24.2. The molecule has 0 spiro atoms. The zero-order valence-corrected chi connectivity index (χ0v) is 17.2. The highest BCUT2D eigenvalue weighted by Gasteiger charge is 2.09. The molecule has 0 aliphatic heterocycles. The summed E-state index contributed by atoms with van der Waals surface area (Å²) in [5.74, 6) is -0.172. The van der Waals surface area contributed by atoms with Gasteiger partial charge in [0.15, 0.2) is 0 Å². The van der Waals surface area contributed by atoms with Gasteiger partial charge in [-0.2, -0.15) is 0 Å². The Balaban J connectivity index is 1.75. The topological polar surface area (TPSA) is 82.0 Å². The van der Waals surface area contributed by atoms with Gasteiger partial charge in [-0.1, -0.05) is 49.2 Å². The summed E-state index contributed by atoms with van der Waals surface area (Å²) in [7, 11) is 0. The molecule has 4 N–H and O–H groups in total. The SMILES string of the molecule is [2H]C([2H])(CCCCC([2H])([2H])OC([2H])([2H])CCCc1ccccc1)NCC([2H])(O)c1ccc(O)c(CO)c1. The summed E-state index contributed by atoms with van der Waals surface area (Å²) in [6.45, 7) is -7.22. The molecule has 30 heavy (non-hydrogen) atoms. The number of aliphatic hydroxyl groups excluding tert-OH is 1. The van der Waals surface area contributed by atoms with Gasteiger partial charge in [0.05, 0.1) is 19.5 Å². The summed E-state index contributed by atoms with van der Waals surface area (Å²) >= 11 is 0. The molecule has 0 aromatic heterocycles. The molecule has 0 aliphatic carbocycles. The van der Waals surface area contributed by atoms with E-state index in [0.29, 0.717) is 12.8 Å². The Morgan fingerprint density at radius 3 is 2.47 bits per heavy atom. The maximum absolute atomic E-state index is 10.4. The van der Waals surface area contributed by atoms with Crippen molar-refractivity contribution in [3.05, 3.63) is 65.2 Å². The standard InChI is InChI=1S/C25H37NO4/c27-20-23-18-22(13-14-24(23)28)25(29)19-26-15-7-1-2-8-16-30-17-9-6-12-21-10-4-3-5-11-21/h3-5,10-11,13-14,18,25-29H,1-2,6-9,12,15-17,19-20H2/i15D2,16D2,17D2,25D. The van der Waals surface area contributed by atoms with Crippen molar-refractivity contribution in [1.29, 1.82) is 0 Å². The average molecular weight is 423 g/mol. The lowest BCUT2D eigenvalue weighted by Gasteiger charge is -2.14. The first-order chi connectivity index (χ1) is 17.1. The number of aromatic hydroxyl groups is 1. The molecule has 5 nitrogen and oxygen atoms in total. The Kier molecular flexibility index (Phi) is 7.89. The second-order valence-electron chi connectivity index (χ2n) is 6.92. The fourth-order valence-electron chi connectivity index (χ4n) is 2.80. The van der Waals surface area contributed by atoms with Crippen LogP contribution >= 0.6 is 0 Å². The molecule has 0 radical (unpaired) electrons. The van der Waals surface area contributed by atoms with Crippen molar-refractivity contribution in [2.75, 3.05) is 26.2 Å². The molecule has 0 aliphatic rings. The van der Waals surface area contributed by atoms with Crippen molar-refractivity contribution in [1.82, 2.24) is 5.32 Å². The van der Waals surface area contributed by atoms with Gasteiger partial charge in [0.2, 0.25) is 0 Å². The molecular weight excluding hydrogens is 378 g/mol. The fraction of sp³-hybridized carbons (Fsp3) is 0.520. The lowest BCUT2D eigenvalue weighted by Crippen LogP contribution is -2.22. The number of aliphatic hydroxyl groups is 2. The van der Waals surface area contributed by atoms with E-state index in [1.165, 1.54) is 18.2 Å². The maximum atomic E-state index is 10.4. The smallest absolute Gasteiger partial charge is 0.121 e. The summed E-state index contributed by atoms with van der Waals surface area (Å²) in [6, 6.07) is 13.5. The van der Waals surface area contributed by atoms with Gasteiger partial charge in [0.1, 0.15) is 5.75 Å². The van der Waals surface area contributed by atoms with Crippen LogP contribution in [-0.4, -0.2) is 41.5 Å². The molecular formula is C25H37NO4. The minimum atomic E-state index is -2.21. The molecule has 0 bridgehead atoms. The first-order valence-corrected chi connectivity index (χ1v) is 10.3. The van der Waals surface area contributed by atoms with Gasteiger partial charge in [0, 0.05) is 28.0 Å². The van der Waals surface area contributed by atoms with E-state index in [2.05, 4.69) is 5.32 Å². The third kappa shape index (κ3) is 9.72. The largest absolute Gasteiger partial charge is 0.508 e. The normalized spacial score (nSPS) is 18.1. The Morgan fingerprint density at radius 1 is 0.967 bits per heavy atom. The lowest BCUT2D eigenvalue weighted by molar-refractivity contribution is 0.126. The molecule has 0 heterocycles. The number of phenols is 1. The summed E-state index contributed by atoms with van der Waals surface area (Å²) in [6.07, 6.45) is -0.610. The van der Waals surface area contributed by atoms with E-state index in [4.69, 9.17) is 14.3 Å². The fourth-order valence-corrected chi connectivity index (χ4v) is 2.80. The average Bonchev–Trinajstić information content (AvgIpc) is 2.81. The van der Waals surface area contributed by atoms with Crippen LogP contribution in [0.15, 0.2) is 48.5 Å². The summed E-state index contributed by atoms with van der Waals surface area (Å²) in [4.78, 5) is 0. The first-order valence-electron chi connectivity index (χ1n) is 13.8. The van der Waals surface area contributed by atoms with Gasteiger partial charge in [0.25, 0.3) is 0 Å². The summed E-state index contributed by atoms with van der Waals surface area (Å²) < 4.78 is 61.5. The number of benzene rings is 2. The van der Waals surface area contributed by atoms with E-state index >= 15 is 0 Å². The minimum Gasteiger partial charge on any atom is -0.508 e. The van der Waals surface area contributed by atoms with Crippen LogP contribution in [0.2, 0.25) is 0 Å². The highest BCUT2D eigenvalue weighted by atomic mass is 16.5. The number of unbranched alkanes of at least 4 members (excludes halogenated alkanes) is 1. The van der Waals surface area contributed by atoms with Crippen molar-refractivity contribution in [2.24, 2.45) is 0 Å². The summed E-state index contributed by atoms with van der Waals surface area (Å²) in [5.41, 5.74) is 1.30. The Morgan fingerprint density at radius 2 is 1.70 bits per heavy atom. The van der Waals surface area contributed by atoms with E-state index in [-0.39, 0.29) is 49.0 Å². The number of nitrogens with one attached hydrogen (secondary N) is 1. The van der Waals surface area contributed by atoms with Crippen molar-refractivity contribution < 1.29 is 29.7 Å². The predicted molar refractivity (Wildman–Crippen MR) is 121 cm³/mol. The van der Waals surface area contributed by atoms with Gasteiger partial charge in [-0.3, -0.25) is 0 Å². The van der Waals surface area contributed by atoms with Crippen molar-refractivity contribution in [3.63, 3.8) is 0 Å². The predicted octanol–water partition coefficient (Wildman–Crippen LogP) is 4.11. The quantitative estimate of drug-likeness (QED) is 0.306. The highest BCUT2D eigenvalue weighted by Crippen LogP contribution is 2.22. The van der Waals surface area contributed by atoms with Gasteiger partial charge in [-0.15, -0.1) is 0 Å². The Labute approximate surface area is 190 Å². The molecule has 166 valence electrons. The van der Waals surface area contributed by atoms with Crippen LogP contribution in [0.4, 0.5) is 0 Å². The van der Waals surface area contributed by atoms with Gasteiger partial charge < -0.3 is 25.4 Å². The van der Waals surface area contributed by atoms with Crippen LogP contribution in [-0.2, 0) is 17.8 Å². The van der Waals surface area contributed by atoms with Crippen molar-refractivity contribution >= 4 is 0 Å². The number of rotatable bonds is 16. The van der Waals surface area contributed by atoms with E-state index in [1.54, 1.807) is 0 Å². The molecule has 0 fully saturated rings. The number of hydrogen-bond acceptors (Lipinski definition) is 5. The molecule has 0 amide bonds. The number of ether oxygens (including phenoxy) is 1. The molecule has 1 unspecified atom stereocenters. The van der Waals surface area contributed by atoms with E-state index in [9.17, 15) is 15.3 Å². The third-order valence-electron chi connectivity index (χ3n) is 4.53. The molecule has 0 saturated carbocycles.